The van der Waals surface area contributed by atoms with Crippen molar-refractivity contribution in [1.29, 1.82) is 0 Å². The van der Waals surface area contributed by atoms with Gasteiger partial charge in [-0.3, -0.25) is 4.79 Å². The highest BCUT2D eigenvalue weighted by atomic mass is 16.4. The van der Waals surface area contributed by atoms with E-state index in [1.165, 1.54) is 0 Å². The molecule has 0 aliphatic carbocycles. The van der Waals surface area contributed by atoms with E-state index in [1.54, 1.807) is 0 Å². The lowest BCUT2D eigenvalue weighted by atomic mass is 10.0. The van der Waals surface area contributed by atoms with E-state index in [1.807, 2.05) is 0 Å². The molecule has 0 bridgehead atoms. The Morgan fingerprint density at radius 1 is 1.00 bits per heavy atom. The lowest BCUT2D eigenvalue weighted by Gasteiger charge is -2.24. The summed E-state index contributed by atoms with van der Waals surface area (Å²) in [5.41, 5.74) is 0. The first-order valence-electron chi connectivity index (χ1n) is 3.92. The second kappa shape index (κ2) is 6.02. The maximum absolute atomic E-state index is 10.7. The van der Waals surface area contributed by atoms with Gasteiger partial charge >= 0.3 is 0 Å². The molecule has 0 aliphatic rings. The third kappa shape index (κ3) is 3.29. The predicted molar refractivity (Wildman–Crippen MR) is 43.2 cm³/mol. The Labute approximate surface area is 79.9 Å². The molecule has 0 spiro atoms. The summed E-state index contributed by atoms with van der Waals surface area (Å²) >= 11 is 0. The Bertz CT molecular complexity index is 183. The Balaban J connectivity index is 4.30. The fourth-order valence-electron chi connectivity index (χ4n) is 0.806. The number of carbonyl (C=O) groups excluding carboxylic acids is 1. The van der Waals surface area contributed by atoms with Gasteiger partial charge in [-0.05, 0) is 0 Å². The molecule has 0 fully saturated rings. The SMILES string of the molecule is O=C(CO)[C@@H](O)[C@@H](O)[C@@H](O)[C@H](O)CO. The second-order valence-electron chi connectivity index (χ2n) is 2.80. The highest BCUT2D eigenvalue weighted by Gasteiger charge is 2.33. The average molecular weight is 210 g/mol. The zero-order valence-corrected chi connectivity index (χ0v) is 7.32. The quantitative estimate of drug-likeness (QED) is 0.262. The van der Waals surface area contributed by atoms with Crippen molar-refractivity contribution in [3.05, 3.63) is 0 Å². The molecule has 84 valence electrons. The summed E-state index contributed by atoms with van der Waals surface area (Å²) in [4.78, 5) is 10.7. The van der Waals surface area contributed by atoms with Crippen molar-refractivity contribution in [3.63, 3.8) is 0 Å². The minimum absolute atomic E-state index is 0.821. The van der Waals surface area contributed by atoms with Crippen LogP contribution in [0.15, 0.2) is 0 Å². The van der Waals surface area contributed by atoms with E-state index in [4.69, 9.17) is 30.6 Å². The zero-order valence-electron chi connectivity index (χ0n) is 7.32. The number of hydrogen-bond donors (Lipinski definition) is 6. The molecule has 0 aromatic carbocycles. The van der Waals surface area contributed by atoms with Gasteiger partial charge in [-0.1, -0.05) is 0 Å². The van der Waals surface area contributed by atoms with Crippen molar-refractivity contribution in [1.82, 2.24) is 0 Å². The fraction of sp³-hybridized carbons (Fsp3) is 0.857. The number of rotatable bonds is 6. The highest BCUT2D eigenvalue weighted by molar-refractivity contribution is 5.84. The van der Waals surface area contributed by atoms with Crippen molar-refractivity contribution >= 4 is 5.78 Å². The van der Waals surface area contributed by atoms with Gasteiger partial charge < -0.3 is 30.6 Å². The number of aliphatic hydroxyl groups is 6. The van der Waals surface area contributed by atoms with Gasteiger partial charge in [0.1, 0.15) is 31.0 Å². The van der Waals surface area contributed by atoms with Crippen LogP contribution in [0.2, 0.25) is 0 Å². The Morgan fingerprint density at radius 3 is 1.86 bits per heavy atom. The molecule has 0 saturated heterocycles. The molecule has 4 atom stereocenters. The van der Waals surface area contributed by atoms with E-state index < -0.39 is 43.4 Å². The van der Waals surface area contributed by atoms with Gasteiger partial charge in [0.15, 0.2) is 5.78 Å². The van der Waals surface area contributed by atoms with Crippen LogP contribution in [0.4, 0.5) is 0 Å². The van der Waals surface area contributed by atoms with Crippen LogP contribution >= 0.6 is 0 Å². The summed E-state index contributed by atoms with van der Waals surface area (Å²) in [7, 11) is 0. The summed E-state index contributed by atoms with van der Waals surface area (Å²) in [6.07, 6.45) is -7.45. The first-order valence-corrected chi connectivity index (χ1v) is 3.92. The largest absolute Gasteiger partial charge is 0.394 e. The third-order valence-corrected chi connectivity index (χ3v) is 1.74. The second-order valence-corrected chi connectivity index (χ2v) is 2.80. The first-order chi connectivity index (χ1) is 6.45. The Morgan fingerprint density at radius 2 is 1.50 bits per heavy atom. The summed E-state index contributed by atoms with van der Waals surface area (Å²) in [6, 6.07) is 0. The van der Waals surface area contributed by atoms with E-state index in [-0.39, 0.29) is 0 Å². The van der Waals surface area contributed by atoms with Gasteiger partial charge in [0.2, 0.25) is 0 Å². The Hall–Kier alpha value is -0.570. The molecule has 7 heteroatoms. The maximum Gasteiger partial charge on any atom is 0.189 e. The molecule has 6 N–H and O–H groups in total. The monoisotopic (exact) mass is 210 g/mol. The molecule has 0 aromatic rings. The average Bonchev–Trinajstić information content (AvgIpc) is 2.23. The van der Waals surface area contributed by atoms with Crippen LogP contribution in [0.25, 0.3) is 0 Å². The molecular formula is C7H14O7. The lowest BCUT2D eigenvalue weighted by Crippen LogP contribution is -2.49. The molecular weight excluding hydrogens is 196 g/mol. The van der Waals surface area contributed by atoms with Gasteiger partial charge in [-0.25, -0.2) is 0 Å². The van der Waals surface area contributed by atoms with Gasteiger partial charge in [0, 0.05) is 0 Å². The van der Waals surface area contributed by atoms with Gasteiger partial charge in [0.05, 0.1) is 6.61 Å². The number of aliphatic hydroxyl groups excluding tert-OH is 6. The molecule has 0 saturated carbocycles. The molecule has 0 heterocycles. The maximum atomic E-state index is 10.7. The number of hydrogen-bond acceptors (Lipinski definition) is 7. The zero-order chi connectivity index (χ0) is 11.3. The standard InChI is InChI=1S/C7H14O7/c8-1-3(10)5(12)7(14)6(13)4(11)2-9/h3,5-10,12-14H,1-2H2/t3-,5+,6-,7+/m1/s1. The third-order valence-electron chi connectivity index (χ3n) is 1.74. The molecule has 0 amide bonds. The summed E-state index contributed by atoms with van der Waals surface area (Å²) in [5.74, 6) is -1.08. The summed E-state index contributed by atoms with van der Waals surface area (Å²) in [6.45, 7) is -1.81. The van der Waals surface area contributed by atoms with Gasteiger partial charge in [0.25, 0.3) is 0 Å². The highest BCUT2D eigenvalue weighted by Crippen LogP contribution is 2.05. The van der Waals surface area contributed by atoms with Crippen LogP contribution in [-0.2, 0) is 4.79 Å². The molecule has 0 unspecified atom stereocenters. The normalized spacial score (nSPS) is 19.9. The van der Waals surface area contributed by atoms with Crippen molar-refractivity contribution < 1.29 is 35.4 Å². The fourth-order valence-corrected chi connectivity index (χ4v) is 0.806. The van der Waals surface area contributed by atoms with Crippen LogP contribution < -0.4 is 0 Å². The van der Waals surface area contributed by atoms with E-state index in [2.05, 4.69) is 0 Å². The summed E-state index contributed by atoms with van der Waals surface area (Å²) in [5, 5.41) is 52.7. The van der Waals surface area contributed by atoms with Crippen molar-refractivity contribution in [2.75, 3.05) is 13.2 Å². The smallest absolute Gasteiger partial charge is 0.189 e. The van der Waals surface area contributed by atoms with Crippen LogP contribution in [0, 0.1) is 0 Å². The Kier molecular flexibility index (Phi) is 5.77. The molecule has 0 rings (SSSR count). The van der Waals surface area contributed by atoms with E-state index in [0.717, 1.165) is 0 Å². The predicted octanol–water partition coefficient (Wildman–Crippen LogP) is -4.02. The minimum atomic E-state index is -1.99. The molecule has 0 aliphatic heterocycles. The van der Waals surface area contributed by atoms with Crippen LogP contribution in [0.3, 0.4) is 0 Å². The molecule has 0 aromatic heterocycles. The van der Waals surface area contributed by atoms with E-state index in [0.29, 0.717) is 0 Å². The van der Waals surface area contributed by atoms with Crippen molar-refractivity contribution in [2.24, 2.45) is 0 Å². The van der Waals surface area contributed by atoms with Crippen molar-refractivity contribution in [2.45, 2.75) is 24.4 Å². The van der Waals surface area contributed by atoms with Crippen molar-refractivity contribution in [3.8, 4) is 0 Å². The van der Waals surface area contributed by atoms with Crippen LogP contribution in [0.1, 0.15) is 0 Å². The molecule has 7 nitrogen and oxygen atoms in total. The number of Topliss-reactive ketones (excluding diaryl/α,β-unsaturated/α-hetero) is 1. The van der Waals surface area contributed by atoms with Crippen LogP contribution in [-0.4, -0.2) is 74.1 Å². The number of ketones is 1. The number of carbonyl (C=O) groups is 1. The molecule has 14 heavy (non-hydrogen) atoms. The van der Waals surface area contributed by atoms with E-state index >= 15 is 0 Å². The summed E-state index contributed by atoms with van der Waals surface area (Å²) < 4.78 is 0. The molecule has 0 radical (unpaired) electrons. The topological polar surface area (TPSA) is 138 Å². The van der Waals surface area contributed by atoms with Gasteiger partial charge in [-0.15, -0.1) is 0 Å². The van der Waals surface area contributed by atoms with Crippen LogP contribution in [0.5, 0.6) is 0 Å². The first kappa shape index (κ1) is 13.4. The lowest BCUT2D eigenvalue weighted by molar-refractivity contribution is -0.149. The minimum Gasteiger partial charge on any atom is -0.394 e. The van der Waals surface area contributed by atoms with Gasteiger partial charge in [-0.2, -0.15) is 0 Å². The van der Waals surface area contributed by atoms with E-state index in [9.17, 15) is 4.79 Å².